The molecule has 23 heavy (non-hydrogen) atoms. The largest absolute Gasteiger partial charge is 0.461 e. The highest BCUT2D eigenvalue weighted by Gasteiger charge is 2.20. The van der Waals surface area contributed by atoms with Crippen LogP contribution in [0.15, 0.2) is 24.3 Å². The Hall–Kier alpha value is -2.90. The maximum Gasteiger partial charge on any atom is 0.362 e. The summed E-state index contributed by atoms with van der Waals surface area (Å²) in [5.74, 6) is -1.06. The number of rotatable bonds is 5. The Morgan fingerprint density at radius 1 is 1.30 bits per heavy atom. The van der Waals surface area contributed by atoms with E-state index in [4.69, 9.17) is 15.2 Å². The summed E-state index contributed by atoms with van der Waals surface area (Å²) in [6.07, 6.45) is -0.224. The van der Waals surface area contributed by atoms with Crippen molar-refractivity contribution in [2.24, 2.45) is 0 Å². The molecule has 2 N–H and O–H groups in total. The normalized spacial score (nSPS) is 10.6. The quantitative estimate of drug-likeness (QED) is 0.834. The van der Waals surface area contributed by atoms with E-state index in [1.807, 2.05) is 0 Å². The van der Waals surface area contributed by atoms with Crippen LogP contribution in [0.3, 0.4) is 0 Å². The number of anilines is 1. The minimum absolute atomic E-state index is 0.0397. The molecule has 0 aliphatic carbocycles. The molecule has 0 aliphatic heterocycles. The molecule has 0 radical (unpaired) electrons. The van der Waals surface area contributed by atoms with Crippen molar-refractivity contribution in [1.82, 2.24) is 15.0 Å². The molecule has 0 aliphatic rings. The van der Waals surface area contributed by atoms with E-state index in [2.05, 4.69) is 10.3 Å². The van der Waals surface area contributed by atoms with Crippen LogP contribution in [0.2, 0.25) is 0 Å². The summed E-state index contributed by atoms with van der Waals surface area (Å²) in [4.78, 5) is 23.7. The van der Waals surface area contributed by atoms with E-state index in [1.54, 1.807) is 45.0 Å². The number of benzene rings is 1. The number of nitrogens with zero attached hydrogens (tertiary/aromatic N) is 3. The van der Waals surface area contributed by atoms with Crippen LogP contribution >= 0.6 is 0 Å². The second-order valence-electron chi connectivity index (χ2n) is 4.96. The molecule has 2 rings (SSSR count). The van der Waals surface area contributed by atoms with Crippen LogP contribution in [-0.2, 0) is 9.47 Å². The highest BCUT2D eigenvalue weighted by atomic mass is 16.5. The summed E-state index contributed by atoms with van der Waals surface area (Å²) in [5, 5.41) is 7.57. The van der Waals surface area contributed by atoms with E-state index in [9.17, 15) is 9.59 Å². The summed E-state index contributed by atoms with van der Waals surface area (Å²) in [6, 6.07) is 6.53. The predicted octanol–water partition coefficient (Wildman–Crippen LogP) is 1.59. The summed E-state index contributed by atoms with van der Waals surface area (Å²) in [7, 11) is 0. The third-order valence-corrected chi connectivity index (χ3v) is 2.84. The summed E-state index contributed by atoms with van der Waals surface area (Å²) in [6.45, 7) is 5.43. The van der Waals surface area contributed by atoms with Crippen LogP contribution in [0.1, 0.15) is 41.6 Å². The maximum atomic E-state index is 11.9. The molecule has 0 saturated heterocycles. The fraction of sp³-hybridized carbons (Fsp3) is 0.333. The number of aromatic nitrogens is 3. The lowest BCUT2D eigenvalue weighted by Gasteiger charge is -2.09. The number of hydrogen-bond acceptors (Lipinski definition) is 7. The lowest BCUT2D eigenvalue weighted by atomic mass is 10.2. The minimum atomic E-state index is -0.647. The third-order valence-electron chi connectivity index (χ3n) is 2.84. The summed E-state index contributed by atoms with van der Waals surface area (Å²) >= 11 is 0. The van der Waals surface area contributed by atoms with Gasteiger partial charge in [0.05, 0.1) is 24.0 Å². The van der Waals surface area contributed by atoms with Crippen LogP contribution in [0, 0.1) is 0 Å². The summed E-state index contributed by atoms with van der Waals surface area (Å²) < 4.78 is 11.3. The summed E-state index contributed by atoms with van der Waals surface area (Å²) in [5.41, 5.74) is 6.67. The van der Waals surface area contributed by atoms with E-state index in [-0.39, 0.29) is 24.2 Å². The Kier molecular flexibility index (Phi) is 4.95. The van der Waals surface area contributed by atoms with Gasteiger partial charge in [-0.05, 0) is 39.0 Å². The van der Waals surface area contributed by atoms with Gasteiger partial charge >= 0.3 is 11.9 Å². The van der Waals surface area contributed by atoms with Crippen LogP contribution in [0.5, 0.6) is 0 Å². The predicted molar refractivity (Wildman–Crippen MR) is 82.3 cm³/mol. The second-order valence-corrected chi connectivity index (χ2v) is 4.96. The molecule has 8 nitrogen and oxygen atoms in total. The first-order chi connectivity index (χ1) is 10.9. The number of ether oxygens (including phenoxy) is 2. The SMILES string of the molecule is CCOC(=O)c1nnn(-c2cccc(C(=O)OC(C)C)c2)c1N. The van der Waals surface area contributed by atoms with Crippen molar-refractivity contribution in [3.05, 3.63) is 35.5 Å². The lowest BCUT2D eigenvalue weighted by molar-refractivity contribution is 0.0377. The van der Waals surface area contributed by atoms with Crippen LogP contribution in [0.4, 0.5) is 5.82 Å². The Morgan fingerprint density at radius 2 is 2.04 bits per heavy atom. The Morgan fingerprint density at radius 3 is 2.70 bits per heavy atom. The zero-order valence-corrected chi connectivity index (χ0v) is 13.1. The molecule has 0 amide bonds. The molecule has 8 heteroatoms. The van der Waals surface area contributed by atoms with Gasteiger partial charge in [0.15, 0.2) is 5.82 Å². The smallest absolute Gasteiger partial charge is 0.362 e. The van der Waals surface area contributed by atoms with Gasteiger partial charge in [0.1, 0.15) is 0 Å². The topological polar surface area (TPSA) is 109 Å². The van der Waals surface area contributed by atoms with Gasteiger partial charge in [-0.15, -0.1) is 5.10 Å². The monoisotopic (exact) mass is 318 g/mol. The third kappa shape index (κ3) is 3.65. The first kappa shape index (κ1) is 16.5. The average Bonchev–Trinajstić information content (AvgIpc) is 2.88. The maximum absolute atomic E-state index is 11.9. The van der Waals surface area contributed by atoms with Gasteiger partial charge in [-0.1, -0.05) is 11.3 Å². The van der Waals surface area contributed by atoms with Gasteiger partial charge in [0.2, 0.25) is 5.69 Å². The first-order valence-electron chi connectivity index (χ1n) is 7.13. The highest BCUT2D eigenvalue weighted by molar-refractivity contribution is 5.92. The lowest BCUT2D eigenvalue weighted by Crippen LogP contribution is -2.12. The fourth-order valence-corrected chi connectivity index (χ4v) is 1.87. The Balaban J connectivity index is 2.33. The number of carbonyl (C=O) groups is 2. The number of esters is 2. The first-order valence-corrected chi connectivity index (χ1v) is 7.13. The van der Waals surface area contributed by atoms with Crippen molar-refractivity contribution in [2.45, 2.75) is 26.9 Å². The van der Waals surface area contributed by atoms with E-state index >= 15 is 0 Å². The molecule has 0 bridgehead atoms. The number of hydrogen-bond donors (Lipinski definition) is 1. The van der Waals surface area contributed by atoms with E-state index in [0.29, 0.717) is 11.3 Å². The molecule has 0 atom stereocenters. The van der Waals surface area contributed by atoms with Crippen molar-refractivity contribution < 1.29 is 19.1 Å². The minimum Gasteiger partial charge on any atom is -0.461 e. The molecule has 1 heterocycles. The van der Waals surface area contributed by atoms with Crippen molar-refractivity contribution in [3.63, 3.8) is 0 Å². The van der Waals surface area contributed by atoms with E-state index in [0.717, 1.165) is 0 Å². The molecule has 1 aromatic carbocycles. The van der Waals surface area contributed by atoms with Crippen LogP contribution in [0.25, 0.3) is 5.69 Å². The number of nitrogen functional groups attached to an aromatic ring is 1. The van der Waals surface area contributed by atoms with Gasteiger partial charge in [-0.25, -0.2) is 9.59 Å². The van der Waals surface area contributed by atoms with Crippen molar-refractivity contribution in [1.29, 1.82) is 0 Å². The van der Waals surface area contributed by atoms with Gasteiger partial charge < -0.3 is 15.2 Å². The van der Waals surface area contributed by atoms with Crippen molar-refractivity contribution in [2.75, 3.05) is 12.3 Å². The number of nitrogens with two attached hydrogens (primary N) is 1. The van der Waals surface area contributed by atoms with Gasteiger partial charge in [0, 0.05) is 0 Å². The van der Waals surface area contributed by atoms with Gasteiger partial charge in [0.25, 0.3) is 0 Å². The molecule has 1 aromatic heterocycles. The molecular formula is C15H18N4O4. The van der Waals surface area contributed by atoms with E-state index < -0.39 is 11.9 Å². The van der Waals surface area contributed by atoms with Crippen molar-refractivity contribution >= 4 is 17.8 Å². The average molecular weight is 318 g/mol. The van der Waals surface area contributed by atoms with E-state index in [1.165, 1.54) is 4.68 Å². The molecule has 0 spiro atoms. The molecule has 0 unspecified atom stereocenters. The Bertz CT molecular complexity index is 724. The van der Waals surface area contributed by atoms with Gasteiger partial charge in [-0.2, -0.15) is 4.68 Å². The zero-order valence-electron chi connectivity index (χ0n) is 13.1. The molecule has 2 aromatic rings. The van der Waals surface area contributed by atoms with Crippen LogP contribution in [-0.4, -0.2) is 39.6 Å². The second kappa shape index (κ2) is 6.91. The van der Waals surface area contributed by atoms with Crippen LogP contribution < -0.4 is 5.73 Å². The van der Waals surface area contributed by atoms with Crippen molar-refractivity contribution in [3.8, 4) is 5.69 Å². The van der Waals surface area contributed by atoms with Gasteiger partial charge in [-0.3, -0.25) is 0 Å². The fourth-order valence-electron chi connectivity index (χ4n) is 1.87. The molecule has 0 fully saturated rings. The number of carbonyl (C=O) groups excluding carboxylic acids is 2. The highest BCUT2D eigenvalue weighted by Crippen LogP contribution is 2.17. The molecule has 122 valence electrons. The molecule has 0 saturated carbocycles. The molecular weight excluding hydrogens is 300 g/mol. The zero-order chi connectivity index (χ0) is 17.0. The standard InChI is InChI=1S/C15H18N4O4/c1-4-22-15(21)12-13(16)19(18-17-12)11-7-5-6-10(8-11)14(20)23-9(2)3/h5-9H,4,16H2,1-3H3. The Labute approximate surface area is 133 Å².